The Bertz CT molecular complexity index is 1710. The van der Waals surface area contributed by atoms with Crippen LogP contribution in [0.3, 0.4) is 0 Å². The predicted molar refractivity (Wildman–Crippen MR) is 175 cm³/mol. The average Bonchev–Trinajstić information content (AvgIpc) is 3.71. The molecule has 2 fully saturated rings. The Kier molecular flexibility index (Phi) is 10.0. The first kappa shape index (κ1) is 34.8. The fourth-order valence-electron chi connectivity index (χ4n) is 6.85. The number of carboxylic acids is 1. The fourth-order valence-corrected chi connectivity index (χ4v) is 7.11. The Hall–Kier alpha value is -4.00. The van der Waals surface area contributed by atoms with Gasteiger partial charge in [0.2, 0.25) is 0 Å². The van der Waals surface area contributed by atoms with Gasteiger partial charge in [-0.05, 0) is 58.4 Å². The predicted octanol–water partition coefficient (Wildman–Crippen LogP) is 7.53. The Labute approximate surface area is 288 Å². The first-order chi connectivity index (χ1) is 23.4. The number of hydrogen-bond acceptors (Lipinski definition) is 8. The highest BCUT2D eigenvalue weighted by molar-refractivity contribution is 6.34. The number of likely N-dealkylation sites (tertiary alicyclic amines) is 1. The first-order valence-electron chi connectivity index (χ1n) is 16.4. The largest absolute Gasteiger partial charge is 0.480 e. The van der Waals surface area contributed by atoms with Gasteiger partial charge in [0.05, 0.1) is 23.2 Å². The lowest BCUT2D eigenvalue weighted by molar-refractivity contribution is -0.165. The fraction of sp³-hybridized carbons (Fsp3) is 0.472. The van der Waals surface area contributed by atoms with Crippen LogP contribution in [0.15, 0.2) is 42.6 Å². The lowest BCUT2D eigenvalue weighted by Gasteiger charge is -2.40. The number of carbonyl (C=O) groups is 2. The van der Waals surface area contributed by atoms with Crippen molar-refractivity contribution in [3.05, 3.63) is 75.9 Å². The van der Waals surface area contributed by atoms with Crippen molar-refractivity contribution in [2.75, 3.05) is 26.4 Å². The van der Waals surface area contributed by atoms with Gasteiger partial charge in [-0.15, -0.1) is 0 Å². The third-order valence-corrected chi connectivity index (χ3v) is 9.30. The number of benzene rings is 2. The van der Waals surface area contributed by atoms with Gasteiger partial charge in [0, 0.05) is 48.5 Å². The van der Waals surface area contributed by atoms with E-state index in [9.17, 15) is 14.7 Å². The second-order valence-electron chi connectivity index (χ2n) is 13.4. The van der Waals surface area contributed by atoms with Crippen molar-refractivity contribution < 1.29 is 47.2 Å². The molecule has 3 aromatic rings. The lowest BCUT2D eigenvalue weighted by atomic mass is 9.80. The molecule has 10 nitrogen and oxygen atoms in total. The number of ether oxygens (including phenoxy) is 5. The maximum atomic E-state index is 16.5. The van der Waals surface area contributed by atoms with E-state index in [1.807, 2.05) is 30.3 Å². The maximum absolute atomic E-state index is 16.5. The number of hydrogen-bond donors (Lipinski definition) is 1. The van der Waals surface area contributed by atoms with E-state index in [1.54, 1.807) is 25.7 Å². The molecule has 1 unspecified atom stereocenters. The van der Waals surface area contributed by atoms with Crippen molar-refractivity contribution in [3.63, 3.8) is 0 Å². The quantitative estimate of drug-likeness (QED) is 0.226. The molecule has 0 saturated carbocycles. The minimum atomic E-state index is -1.50. The lowest BCUT2D eigenvalue weighted by Crippen LogP contribution is -2.53. The van der Waals surface area contributed by atoms with Crippen molar-refractivity contribution in [1.29, 1.82) is 0 Å². The molecule has 2 aromatic carbocycles. The molecule has 3 aliphatic rings. The second-order valence-corrected chi connectivity index (χ2v) is 13.8. The van der Waals surface area contributed by atoms with Crippen molar-refractivity contribution in [2.45, 2.75) is 82.8 Å². The zero-order valence-electron chi connectivity index (χ0n) is 27.6. The highest BCUT2D eigenvalue weighted by atomic mass is 35.5. The first-order valence-corrected chi connectivity index (χ1v) is 16.8. The Morgan fingerprint density at radius 1 is 1.10 bits per heavy atom. The average molecular weight is 701 g/mol. The van der Waals surface area contributed by atoms with Crippen LogP contribution in [-0.4, -0.2) is 71.4 Å². The van der Waals surface area contributed by atoms with Gasteiger partial charge in [-0.3, -0.25) is 0 Å². The molecule has 262 valence electrons. The smallest absolute Gasteiger partial charge is 0.410 e. The maximum Gasteiger partial charge on any atom is 0.410 e. The van der Waals surface area contributed by atoms with E-state index in [0.29, 0.717) is 31.6 Å². The summed E-state index contributed by atoms with van der Waals surface area (Å²) in [6.07, 6.45) is 3.90. The Morgan fingerprint density at radius 3 is 2.57 bits per heavy atom. The molecule has 1 aromatic heterocycles. The van der Waals surface area contributed by atoms with Crippen molar-refractivity contribution in [1.82, 2.24) is 9.88 Å². The number of fused-ring (bicyclic) bond motifs is 1. The molecule has 2 saturated heterocycles. The van der Waals surface area contributed by atoms with Crippen molar-refractivity contribution in [3.8, 4) is 22.8 Å². The van der Waals surface area contributed by atoms with E-state index in [-0.39, 0.29) is 42.8 Å². The summed E-state index contributed by atoms with van der Waals surface area (Å²) in [6, 6.07) is 9.71. The topological polar surface area (TPSA) is 117 Å². The van der Waals surface area contributed by atoms with Gasteiger partial charge in [0.25, 0.3) is 5.88 Å². The van der Waals surface area contributed by atoms with E-state index in [0.717, 1.165) is 31.5 Å². The summed E-state index contributed by atoms with van der Waals surface area (Å²) in [5.74, 6) is -4.02. The second kappa shape index (κ2) is 14.1. The molecule has 4 heterocycles. The van der Waals surface area contributed by atoms with Gasteiger partial charge in [-0.25, -0.2) is 23.4 Å². The third kappa shape index (κ3) is 7.04. The minimum absolute atomic E-state index is 0.0118. The number of nitrogens with zero attached hydrogens (tertiary/aromatic N) is 2. The van der Waals surface area contributed by atoms with E-state index < -0.39 is 63.0 Å². The molecule has 3 atom stereocenters. The van der Waals surface area contributed by atoms with Gasteiger partial charge in [-0.1, -0.05) is 41.9 Å². The number of halogens is 3. The summed E-state index contributed by atoms with van der Waals surface area (Å²) in [4.78, 5) is 31.5. The summed E-state index contributed by atoms with van der Waals surface area (Å²) in [6.45, 7) is 6.29. The zero-order valence-corrected chi connectivity index (χ0v) is 28.4. The molecular formula is C36H39ClF2N2O8. The number of amides is 1. The van der Waals surface area contributed by atoms with Crippen molar-refractivity contribution >= 4 is 23.7 Å². The van der Waals surface area contributed by atoms with Crippen LogP contribution in [0, 0.1) is 11.6 Å². The van der Waals surface area contributed by atoms with Gasteiger partial charge in [-0.2, -0.15) is 0 Å². The van der Waals surface area contributed by atoms with E-state index in [1.165, 1.54) is 0 Å². The normalized spacial score (nSPS) is 22.0. The minimum Gasteiger partial charge on any atom is -0.480 e. The van der Waals surface area contributed by atoms with Crippen LogP contribution in [-0.2, 0) is 26.2 Å². The van der Waals surface area contributed by atoms with Crippen LogP contribution in [0.2, 0.25) is 5.02 Å². The molecule has 0 spiro atoms. The molecule has 0 radical (unpaired) electrons. The monoisotopic (exact) mass is 700 g/mol. The Balaban J connectivity index is 1.41. The molecule has 1 N–H and O–H groups in total. The SMILES string of the molecule is CC(C)(C)OC(=O)N1CCC[C@H]1[C@@]1(c2ccccc2)Cc2c(cc(F)c(Cl)c2-c2c(C(=O)O)cnc(OCCOC3CCCCO3)c2F)O1. The van der Waals surface area contributed by atoms with Gasteiger partial charge in [0.1, 0.15) is 23.8 Å². The van der Waals surface area contributed by atoms with Crippen LogP contribution in [0.1, 0.15) is 74.4 Å². The number of carboxylic acid groups (broad SMARTS) is 1. The molecule has 13 heteroatoms. The van der Waals surface area contributed by atoms with E-state index >= 15 is 8.78 Å². The Morgan fingerprint density at radius 2 is 1.88 bits per heavy atom. The molecule has 6 rings (SSSR count). The van der Waals surface area contributed by atoms with Gasteiger partial charge < -0.3 is 33.7 Å². The van der Waals surface area contributed by atoms with Crippen LogP contribution in [0.4, 0.5) is 13.6 Å². The molecular weight excluding hydrogens is 662 g/mol. The number of pyridine rings is 1. The highest BCUT2D eigenvalue weighted by Crippen LogP contribution is 2.53. The van der Waals surface area contributed by atoms with Crippen molar-refractivity contribution in [2.24, 2.45) is 0 Å². The zero-order chi connectivity index (χ0) is 34.9. The third-order valence-electron chi connectivity index (χ3n) is 8.93. The summed E-state index contributed by atoms with van der Waals surface area (Å²) in [7, 11) is 0. The molecule has 0 aliphatic carbocycles. The molecule has 0 bridgehead atoms. The van der Waals surface area contributed by atoms with Gasteiger partial charge in [0.15, 0.2) is 17.7 Å². The van der Waals surface area contributed by atoms with E-state index in [4.69, 9.17) is 35.3 Å². The number of aromatic carboxylic acids is 1. The van der Waals surface area contributed by atoms with Gasteiger partial charge >= 0.3 is 12.1 Å². The number of rotatable bonds is 9. The summed E-state index contributed by atoms with van der Waals surface area (Å²) >= 11 is 6.61. The number of aromatic nitrogens is 1. The summed E-state index contributed by atoms with van der Waals surface area (Å²) < 4.78 is 61.4. The summed E-state index contributed by atoms with van der Waals surface area (Å²) in [5, 5.41) is 9.66. The van der Waals surface area contributed by atoms with Crippen LogP contribution < -0.4 is 9.47 Å². The van der Waals surface area contributed by atoms with Crippen LogP contribution in [0.25, 0.3) is 11.1 Å². The molecule has 1 amide bonds. The highest BCUT2D eigenvalue weighted by Gasteiger charge is 2.54. The van der Waals surface area contributed by atoms with Crippen LogP contribution in [0.5, 0.6) is 11.6 Å². The standard InChI is InChI=1S/C36H39ClF2N2O8/c1-35(2,3)49-34(44)41-14-9-12-26(41)36(21-10-5-4-6-11-21)19-22-25(48-36)18-24(38)30(37)28(22)29-23(33(42)43)20-40-32(31(29)39)47-17-16-46-27-13-7-8-15-45-27/h4-6,10-11,18,20,26-27H,7-9,12-17,19H2,1-3H3,(H,42,43)/t26-,27?,36-/m0/s1. The molecule has 3 aliphatic heterocycles. The van der Waals surface area contributed by atoms with Crippen LogP contribution >= 0.6 is 11.6 Å². The summed E-state index contributed by atoms with van der Waals surface area (Å²) in [5.41, 5.74) is -2.28. The number of carbonyl (C=O) groups excluding carboxylic acids is 1. The molecule has 49 heavy (non-hydrogen) atoms. The van der Waals surface area contributed by atoms with E-state index in [2.05, 4.69) is 4.98 Å².